The number of carbonyl (C=O) groups excluding carboxylic acids is 1. The monoisotopic (exact) mass is 621 g/mol. The number of hydrogen-bond acceptors (Lipinski definition) is 5. The van der Waals surface area contributed by atoms with Crippen molar-refractivity contribution < 1.29 is 22.7 Å². The first kappa shape index (κ1) is 32.0. The maximum Gasteiger partial charge on any atom is 0.229 e. The van der Waals surface area contributed by atoms with E-state index in [2.05, 4.69) is 0 Å². The fraction of sp³-hybridized carbons (Fsp3) is 0.531. The maximum absolute atomic E-state index is 14.7. The van der Waals surface area contributed by atoms with Gasteiger partial charge in [0.05, 0.1) is 30.0 Å². The average molecular weight is 623 g/mol. The summed E-state index contributed by atoms with van der Waals surface area (Å²) in [6.07, 6.45) is 3.00. The molecule has 0 N–H and O–H groups in total. The largest absolute Gasteiger partial charge is 0.348 e. The molecule has 5 atom stereocenters. The molecule has 2 heterocycles. The molecular formula is C32H41Cl2NO5S. The molecule has 2 fully saturated rings. The molecule has 4 rings (SSSR count). The van der Waals surface area contributed by atoms with Crippen LogP contribution in [0.5, 0.6) is 0 Å². The number of nitrogens with zero attached hydrogens (tertiary/aromatic N) is 1. The van der Waals surface area contributed by atoms with Gasteiger partial charge in [0, 0.05) is 26.8 Å². The van der Waals surface area contributed by atoms with Gasteiger partial charge in [0.25, 0.3) is 0 Å². The number of piperidine rings is 1. The van der Waals surface area contributed by atoms with Crippen molar-refractivity contribution in [2.75, 3.05) is 6.61 Å². The number of sulfone groups is 1. The summed E-state index contributed by atoms with van der Waals surface area (Å²) in [5.74, 6) is -0.879. The summed E-state index contributed by atoms with van der Waals surface area (Å²) >= 11 is 12.8. The van der Waals surface area contributed by atoms with Crippen LogP contribution in [0.15, 0.2) is 60.0 Å². The van der Waals surface area contributed by atoms with Crippen LogP contribution in [0.3, 0.4) is 0 Å². The third-order valence-electron chi connectivity index (χ3n) is 8.26. The molecule has 0 bridgehead atoms. The van der Waals surface area contributed by atoms with Crippen LogP contribution in [-0.2, 0) is 24.1 Å². The zero-order valence-electron chi connectivity index (χ0n) is 24.6. The first-order valence-corrected chi connectivity index (χ1v) is 16.6. The fourth-order valence-electron chi connectivity index (χ4n) is 6.08. The van der Waals surface area contributed by atoms with Gasteiger partial charge >= 0.3 is 0 Å². The van der Waals surface area contributed by atoms with E-state index in [1.54, 1.807) is 19.9 Å². The van der Waals surface area contributed by atoms with E-state index in [1.807, 2.05) is 81.1 Å². The summed E-state index contributed by atoms with van der Waals surface area (Å²) in [6.45, 7) is 11.4. The van der Waals surface area contributed by atoms with E-state index < -0.39 is 32.3 Å². The minimum absolute atomic E-state index is 0.0394. The van der Waals surface area contributed by atoms with Crippen LogP contribution in [0.2, 0.25) is 10.0 Å². The van der Waals surface area contributed by atoms with E-state index in [1.165, 1.54) is 5.41 Å². The lowest BCUT2D eigenvalue weighted by Gasteiger charge is -2.52. The molecule has 0 aromatic heterocycles. The molecular weight excluding hydrogens is 581 g/mol. The lowest BCUT2D eigenvalue weighted by atomic mass is 9.66. The molecule has 0 radical (unpaired) electrons. The number of hydrogen-bond donors (Lipinski definition) is 0. The second-order valence-corrected chi connectivity index (χ2v) is 15.5. The number of halogens is 2. The summed E-state index contributed by atoms with van der Waals surface area (Å²) in [5.41, 5.74) is 1.14. The van der Waals surface area contributed by atoms with Crippen LogP contribution < -0.4 is 0 Å². The summed E-state index contributed by atoms with van der Waals surface area (Å²) < 4.78 is 37.6. The van der Waals surface area contributed by atoms with Gasteiger partial charge in [-0.25, -0.2) is 8.42 Å². The predicted octanol–water partition coefficient (Wildman–Crippen LogP) is 7.71. The second-order valence-electron chi connectivity index (χ2n) is 12.2. The summed E-state index contributed by atoms with van der Waals surface area (Å²) in [7, 11) is -3.47. The molecule has 41 heavy (non-hydrogen) atoms. The minimum Gasteiger partial charge on any atom is -0.348 e. The molecule has 3 unspecified atom stereocenters. The van der Waals surface area contributed by atoms with Gasteiger partial charge < -0.3 is 14.4 Å². The first-order valence-electron chi connectivity index (χ1n) is 14.2. The Morgan fingerprint density at radius 2 is 1.73 bits per heavy atom. The zero-order chi connectivity index (χ0) is 30.2. The van der Waals surface area contributed by atoms with Crippen molar-refractivity contribution in [2.45, 2.75) is 95.9 Å². The van der Waals surface area contributed by atoms with Gasteiger partial charge in [-0.05, 0) is 82.3 Å². The van der Waals surface area contributed by atoms with Crippen LogP contribution in [-0.4, -0.2) is 49.0 Å². The minimum atomic E-state index is -3.47. The predicted molar refractivity (Wildman–Crippen MR) is 165 cm³/mol. The second kappa shape index (κ2) is 12.4. The van der Waals surface area contributed by atoms with E-state index in [0.29, 0.717) is 35.9 Å². The van der Waals surface area contributed by atoms with E-state index in [-0.39, 0.29) is 24.0 Å². The standard InChI is InChI=1S/C32H41Cl2NO5S/c1-7-26(15-16-41(37,38)21(2)3)35-29(22-11-13-24(33)14-12-22)28(23-9-8-10-25(34)17-23)19-32(6,30(35)36)18-27-20-39-31(4,5)40-27/h8-17,21,26-29H,7,18-20H2,1-6H3/b16-15+/t26?,27?,28?,29-,32+/m1/s1. The Hall–Kier alpha value is -1.90. The Bertz CT molecular complexity index is 1370. The number of carbonyl (C=O) groups is 1. The van der Waals surface area contributed by atoms with Crippen molar-refractivity contribution in [3.63, 3.8) is 0 Å². The van der Waals surface area contributed by atoms with Crippen LogP contribution in [0.4, 0.5) is 0 Å². The van der Waals surface area contributed by atoms with E-state index in [0.717, 1.165) is 11.1 Å². The maximum atomic E-state index is 14.7. The van der Waals surface area contributed by atoms with Crippen LogP contribution in [0, 0.1) is 5.41 Å². The fourth-order valence-corrected chi connectivity index (χ4v) is 7.12. The van der Waals surface area contributed by atoms with Gasteiger partial charge in [-0.3, -0.25) is 4.79 Å². The highest BCUT2D eigenvalue weighted by Crippen LogP contribution is 2.53. The van der Waals surface area contributed by atoms with Gasteiger partial charge in [-0.15, -0.1) is 0 Å². The Kier molecular flexibility index (Phi) is 9.66. The topological polar surface area (TPSA) is 72.9 Å². The van der Waals surface area contributed by atoms with Gasteiger partial charge in [-0.1, -0.05) is 67.4 Å². The average Bonchev–Trinajstić information content (AvgIpc) is 3.24. The number of likely N-dealkylation sites (tertiary alicyclic amines) is 1. The Morgan fingerprint density at radius 1 is 1.05 bits per heavy atom. The molecule has 1 amide bonds. The lowest BCUT2D eigenvalue weighted by molar-refractivity contribution is -0.161. The highest BCUT2D eigenvalue weighted by Gasteiger charge is 2.53. The zero-order valence-corrected chi connectivity index (χ0v) is 27.0. The summed E-state index contributed by atoms with van der Waals surface area (Å²) in [5, 5.41) is 1.93. The number of ether oxygens (including phenoxy) is 2. The highest BCUT2D eigenvalue weighted by molar-refractivity contribution is 7.94. The molecule has 2 aliphatic heterocycles. The van der Waals surface area contributed by atoms with Gasteiger partial charge in [0.15, 0.2) is 15.6 Å². The smallest absolute Gasteiger partial charge is 0.229 e. The molecule has 9 heteroatoms. The lowest BCUT2D eigenvalue weighted by Crippen LogP contribution is -2.56. The third-order valence-corrected chi connectivity index (χ3v) is 10.6. The van der Waals surface area contributed by atoms with Crippen molar-refractivity contribution >= 4 is 38.9 Å². The van der Waals surface area contributed by atoms with E-state index in [4.69, 9.17) is 32.7 Å². The number of benzene rings is 2. The van der Waals surface area contributed by atoms with Crippen molar-refractivity contribution in [3.8, 4) is 0 Å². The SMILES string of the molecule is CCC(/C=C/S(=O)(=O)C(C)C)N1C(=O)[C@@](C)(CC2COC(C)(C)O2)CC(c2cccc(Cl)c2)[C@H]1c1ccc(Cl)cc1. The van der Waals surface area contributed by atoms with Crippen molar-refractivity contribution in [2.24, 2.45) is 5.41 Å². The van der Waals surface area contributed by atoms with Gasteiger partial charge in [0.2, 0.25) is 5.91 Å². The number of amides is 1. The molecule has 0 spiro atoms. The molecule has 2 aliphatic rings. The molecule has 6 nitrogen and oxygen atoms in total. The molecule has 0 saturated carbocycles. The summed E-state index contributed by atoms with van der Waals surface area (Å²) in [4.78, 5) is 16.6. The normalized spacial score (nSPS) is 27.6. The first-order chi connectivity index (χ1) is 19.2. The van der Waals surface area contributed by atoms with Crippen LogP contribution in [0.25, 0.3) is 0 Å². The Labute approximate surface area is 254 Å². The van der Waals surface area contributed by atoms with Crippen molar-refractivity contribution in [1.82, 2.24) is 4.90 Å². The summed E-state index contributed by atoms with van der Waals surface area (Å²) in [6, 6.07) is 14.5. The van der Waals surface area contributed by atoms with Gasteiger partial charge in [0.1, 0.15) is 0 Å². The molecule has 2 saturated heterocycles. The van der Waals surface area contributed by atoms with Gasteiger partial charge in [-0.2, -0.15) is 0 Å². The van der Waals surface area contributed by atoms with Crippen molar-refractivity contribution in [3.05, 3.63) is 81.2 Å². The molecule has 224 valence electrons. The van der Waals surface area contributed by atoms with Crippen LogP contribution >= 0.6 is 23.2 Å². The molecule has 2 aromatic carbocycles. The third kappa shape index (κ3) is 7.19. The van der Waals surface area contributed by atoms with E-state index in [9.17, 15) is 13.2 Å². The van der Waals surface area contributed by atoms with Crippen LogP contribution in [0.1, 0.15) is 83.9 Å². The van der Waals surface area contributed by atoms with Crippen molar-refractivity contribution in [1.29, 1.82) is 0 Å². The molecule has 2 aromatic rings. The quantitative estimate of drug-likeness (QED) is 0.287. The Balaban J connectivity index is 1.88. The highest BCUT2D eigenvalue weighted by atomic mass is 35.5. The number of rotatable bonds is 9. The molecule has 0 aliphatic carbocycles. The van der Waals surface area contributed by atoms with E-state index >= 15 is 0 Å². The Morgan fingerprint density at radius 3 is 2.29 bits per heavy atom.